The van der Waals surface area contributed by atoms with Gasteiger partial charge in [0.25, 0.3) is 0 Å². The average molecular weight is 223 g/mol. The average Bonchev–Trinajstić information content (AvgIpc) is 2.52. The molecular formula is C11H13NO2S. The van der Waals surface area contributed by atoms with Crippen LogP contribution in [0.3, 0.4) is 0 Å². The largest absolute Gasteiger partial charge is 0.396 e. The maximum absolute atomic E-state index is 11.4. The monoisotopic (exact) mass is 223 g/mol. The lowest BCUT2D eigenvalue weighted by molar-refractivity contribution is -0.117. The topological polar surface area (TPSA) is 40.5 Å². The Morgan fingerprint density at radius 2 is 2.33 bits per heavy atom. The highest BCUT2D eigenvalue weighted by Crippen LogP contribution is 2.31. The van der Waals surface area contributed by atoms with Crippen LogP contribution in [0, 0.1) is 0 Å². The summed E-state index contributed by atoms with van der Waals surface area (Å²) in [6.45, 7) is 0.181. The second kappa shape index (κ2) is 4.24. The summed E-state index contributed by atoms with van der Waals surface area (Å²) in [5.41, 5.74) is 2.10. The van der Waals surface area contributed by atoms with Gasteiger partial charge in [0.05, 0.1) is 13.0 Å². The normalized spacial score (nSPS) is 14.5. The minimum absolute atomic E-state index is 0.148. The van der Waals surface area contributed by atoms with Crippen LogP contribution in [0.2, 0.25) is 0 Å². The smallest absolute Gasteiger partial charge is 0.231 e. The number of hydrogen-bond acceptors (Lipinski definition) is 3. The van der Waals surface area contributed by atoms with Crippen molar-refractivity contribution in [3.05, 3.63) is 23.8 Å². The van der Waals surface area contributed by atoms with Gasteiger partial charge >= 0.3 is 0 Å². The molecule has 1 amide bonds. The van der Waals surface area contributed by atoms with Crippen LogP contribution in [-0.4, -0.2) is 30.4 Å². The lowest BCUT2D eigenvalue weighted by Gasteiger charge is -2.10. The maximum Gasteiger partial charge on any atom is 0.231 e. The van der Waals surface area contributed by atoms with Crippen LogP contribution in [0.15, 0.2) is 23.1 Å². The highest BCUT2D eigenvalue weighted by Gasteiger charge is 2.23. The molecule has 0 saturated heterocycles. The van der Waals surface area contributed by atoms with Crippen molar-refractivity contribution in [1.29, 1.82) is 0 Å². The zero-order valence-electron chi connectivity index (χ0n) is 8.56. The number of anilines is 1. The second-order valence-corrected chi connectivity index (χ2v) is 4.66. The zero-order valence-corrected chi connectivity index (χ0v) is 9.38. The molecule has 15 heavy (non-hydrogen) atoms. The van der Waals surface area contributed by atoms with E-state index in [-0.39, 0.29) is 12.5 Å². The zero-order chi connectivity index (χ0) is 10.8. The summed E-state index contributed by atoms with van der Waals surface area (Å²) in [5, 5.41) is 8.72. The van der Waals surface area contributed by atoms with Gasteiger partial charge in [0, 0.05) is 23.4 Å². The molecule has 0 aliphatic carbocycles. The number of rotatable bonds is 3. The van der Waals surface area contributed by atoms with E-state index in [1.54, 1.807) is 23.7 Å². The van der Waals surface area contributed by atoms with Gasteiger partial charge in [0.15, 0.2) is 0 Å². The predicted octanol–water partition coefficient (Wildman–Crippen LogP) is 1.29. The third-order valence-corrected chi connectivity index (χ3v) is 3.46. The van der Waals surface area contributed by atoms with E-state index in [4.69, 9.17) is 5.11 Å². The van der Waals surface area contributed by atoms with E-state index >= 15 is 0 Å². The first-order valence-electron chi connectivity index (χ1n) is 4.85. The SMILES string of the molecule is CN1C(=O)Cc2cc(SCCO)ccc21. The number of benzene rings is 1. The van der Waals surface area contributed by atoms with Crippen molar-refractivity contribution in [2.45, 2.75) is 11.3 Å². The van der Waals surface area contributed by atoms with E-state index in [1.807, 2.05) is 18.2 Å². The fraction of sp³-hybridized carbons (Fsp3) is 0.364. The molecule has 0 fully saturated rings. The van der Waals surface area contributed by atoms with E-state index in [1.165, 1.54) is 0 Å². The lowest BCUT2D eigenvalue weighted by Crippen LogP contribution is -2.20. The summed E-state index contributed by atoms with van der Waals surface area (Å²) in [5.74, 6) is 0.845. The van der Waals surface area contributed by atoms with E-state index in [0.717, 1.165) is 16.1 Å². The molecule has 0 spiro atoms. The van der Waals surface area contributed by atoms with Gasteiger partial charge in [-0.05, 0) is 23.8 Å². The van der Waals surface area contributed by atoms with Crippen molar-refractivity contribution >= 4 is 23.4 Å². The molecule has 0 bridgehead atoms. The Balaban J connectivity index is 2.22. The van der Waals surface area contributed by atoms with Gasteiger partial charge in [-0.1, -0.05) is 0 Å². The third kappa shape index (κ3) is 2.01. The van der Waals surface area contributed by atoms with Crippen molar-refractivity contribution in [1.82, 2.24) is 0 Å². The summed E-state index contributed by atoms with van der Waals surface area (Å²) in [6, 6.07) is 6.01. The Morgan fingerprint density at radius 3 is 3.07 bits per heavy atom. The number of hydrogen-bond donors (Lipinski definition) is 1. The molecular weight excluding hydrogens is 210 g/mol. The van der Waals surface area contributed by atoms with Crippen molar-refractivity contribution < 1.29 is 9.90 Å². The molecule has 1 aliphatic heterocycles. The molecule has 1 aliphatic rings. The van der Waals surface area contributed by atoms with Crippen molar-refractivity contribution in [3.8, 4) is 0 Å². The Hall–Kier alpha value is -1.00. The van der Waals surface area contributed by atoms with Crippen LogP contribution in [0.5, 0.6) is 0 Å². The molecule has 1 N–H and O–H groups in total. The molecule has 2 rings (SSSR count). The quantitative estimate of drug-likeness (QED) is 0.785. The van der Waals surface area contributed by atoms with Crippen LogP contribution < -0.4 is 4.90 Å². The van der Waals surface area contributed by atoms with Gasteiger partial charge in [-0.25, -0.2) is 0 Å². The van der Waals surface area contributed by atoms with Crippen molar-refractivity contribution in [2.24, 2.45) is 0 Å². The first-order chi connectivity index (χ1) is 7.22. The maximum atomic E-state index is 11.4. The Labute approximate surface area is 93.1 Å². The number of aliphatic hydroxyl groups excluding tert-OH is 1. The highest BCUT2D eigenvalue weighted by molar-refractivity contribution is 7.99. The number of likely N-dealkylation sites (N-methyl/N-ethyl adjacent to an activating group) is 1. The van der Waals surface area contributed by atoms with E-state index in [0.29, 0.717) is 12.2 Å². The number of fused-ring (bicyclic) bond motifs is 1. The number of thioether (sulfide) groups is 1. The highest BCUT2D eigenvalue weighted by atomic mass is 32.2. The van der Waals surface area contributed by atoms with Gasteiger partial charge in [-0.2, -0.15) is 0 Å². The van der Waals surface area contributed by atoms with Gasteiger partial charge in [0.2, 0.25) is 5.91 Å². The van der Waals surface area contributed by atoms with Crippen LogP contribution in [0.1, 0.15) is 5.56 Å². The van der Waals surface area contributed by atoms with Gasteiger partial charge < -0.3 is 10.0 Å². The summed E-state index contributed by atoms with van der Waals surface area (Å²) < 4.78 is 0. The number of nitrogens with zero attached hydrogens (tertiary/aromatic N) is 1. The fourth-order valence-electron chi connectivity index (χ4n) is 1.70. The second-order valence-electron chi connectivity index (χ2n) is 3.49. The molecule has 80 valence electrons. The van der Waals surface area contributed by atoms with E-state index in [9.17, 15) is 4.79 Å². The summed E-state index contributed by atoms with van der Waals surface area (Å²) >= 11 is 1.61. The molecule has 0 radical (unpaired) electrons. The van der Waals surface area contributed by atoms with Crippen LogP contribution in [-0.2, 0) is 11.2 Å². The molecule has 3 nitrogen and oxygen atoms in total. The molecule has 1 aromatic carbocycles. The van der Waals surface area contributed by atoms with Gasteiger partial charge in [-0.3, -0.25) is 4.79 Å². The van der Waals surface area contributed by atoms with Crippen LogP contribution >= 0.6 is 11.8 Å². The lowest BCUT2D eigenvalue weighted by atomic mass is 10.2. The molecule has 4 heteroatoms. The minimum atomic E-state index is 0.148. The molecule has 1 heterocycles. The Morgan fingerprint density at radius 1 is 1.53 bits per heavy atom. The van der Waals surface area contributed by atoms with Gasteiger partial charge in [0.1, 0.15) is 0 Å². The predicted molar refractivity (Wildman–Crippen MR) is 61.4 cm³/mol. The van der Waals surface area contributed by atoms with E-state index in [2.05, 4.69) is 0 Å². The standard InChI is InChI=1S/C11H13NO2S/c1-12-10-3-2-9(15-5-4-13)6-8(10)7-11(12)14/h2-3,6,13H,4-5,7H2,1H3. The number of aliphatic hydroxyl groups is 1. The molecule has 0 unspecified atom stereocenters. The Kier molecular flexibility index (Phi) is 2.98. The van der Waals surface area contributed by atoms with Gasteiger partial charge in [-0.15, -0.1) is 11.8 Å². The van der Waals surface area contributed by atoms with E-state index < -0.39 is 0 Å². The number of carbonyl (C=O) groups excluding carboxylic acids is 1. The minimum Gasteiger partial charge on any atom is -0.396 e. The molecule has 0 atom stereocenters. The summed E-state index contributed by atoms with van der Waals surface area (Å²) in [4.78, 5) is 14.2. The van der Waals surface area contributed by atoms with Crippen LogP contribution in [0.4, 0.5) is 5.69 Å². The third-order valence-electron chi connectivity index (χ3n) is 2.49. The Bertz CT molecular complexity index is 392. The first kappa shape index (κ1) is 10.5. The number of amides is 1. The first-order valence-corrected chi connectivity index (χ1v) is 5.84. The summed E-state index contributed by atoms with van der Waals surface area (Å²) in [7, 11) is 1.80. The molecule has 0 saturated carbocycles. The fourth-order valence-corrected chi connectivity index (χ4v) is 2.42. The van der Waals surface area contributed by atoms with Crippen LogP contribution in [0.25, 0.3) is 0 Å². The van der Waals surface area contributed by atoms with Crippen molar-refractivity contribution in [3.63, 3.8) is 0 Å². The molecule has 0 aromatic heterocycles. The molecule has 1 aromatic rings. The summed E-state index contributed by atoms with van der Waals surface area (Å²) in [6.07, 6.45) is 0.499. The number of carbonyl (C=O) groups is 1. The van der Waals surface area contributed by atoms with Crippen molar-refractivity contribution in [2.75, 3.05) is 24.3 Å².